The summed E-state index contributed by atoms with van der Waals surface area (Å²) in [5, 5.41) is 9.00. The van der Waals surface area contributed by atoms with E-state index in [9.17, 15) is 0 Å². The molecule has 1 aliphatic carbocycles. The smallest absolute Gasteiger partial charge is 0.0751 e. The summed E-state index contributed by atoms with van der Waals surface area (Å²) >= 11 is 0. The summed E-state index contributed by atoms with van der Waals surface area (Å²) in [7, 11) is 0. The van der Waals surface area contributed by atoms with Crippen LogP contribution in [0.4, 0.5) is 0 Å². The molecule has 0 amide bonds. The summed E-state index contributed by atoms with van der Waals surface area (Å²) in [4.78, 5) is 0. The topological polar surface area (TPSA) is 20.2 Å². The van der Waals surface area contributed by atoms with Crippen LogP contribution in [0.25, 0.3) is 0 Å². The molecule has 0 bridgehead atoms. The lowest BCUT2D eigenvalue weighted by Crippen LogP contribution is -2.07. The lowest BCUT2D eigenvalue weighted by molar-refractivity contribution is 0.249. The maximum atomic E-state index is 9.00. The highest BCUT2D eigenvalue weighted by molar-refractivity contribution is 5.11. The van der Waals surface area contributed by atoms with Crippen LogP contribution in [-0.2, 0) is 0 Å². The Morgan fingerprint density at radius 1 is 1.56 bits per heavy atom. The summed E-state index contributed by atoms with van der Waals surface area (Å²) in [5.41, 5.74) is 1.13. The van der Waals surface area contributed by atoms with Crippen LogP contribution in [0, 0.1) is 6.92 Å². The number of allylic oxidation sites excluding steroid dienone is 1. The Morgan fingerprint density at radius 3 is 2.67 bits per heavy atom. The van der Waals surface area contributed by atoms with Crippen LogP contribution in [0.5, 0.6) is 0 Å². The Morgan fingerprint density at radius 2 is 2.33 bits per heavy atom. The second-order valence-corrected chi connectivity index (χ2v) is 2.54. The second kappa shape index (κ2) is 3.02. The van der Waals surface area contributed by atoms with Crippen molar-refractivity contribution in [1.82, 2.24) is 0 Å². The van der Waals surface area contributed by atoms with Crippen LogP contribution in [-0.4, -0.2) is 11.2 Å². The van der Waals surface area contributed by atoms with E-state index in [-0.39, 0.29) is 0 Å². The molecule has 0 aromatic carbocycles. The lowest BCUT2D eigenvalue weighted by Gasteiger charge is -2.14. The minimum absolute atomic E-state index is 0.453. The molecule has 0 heterocycles. The van der Waals surface area contributed by atoms with Crippen LogP contribution in [0.3, 0.4) is 0 Å². The largest absolute Gasteiger partial charge is 0.389 e. The van der Waals surface area contributed by atoms with Gasteiger partial charge in [0.1, 0.15) is 0 Å². The Labute approximate surface area is 56.4 Å². The standard InChI is InChI=1S/C8H13O/c1-7(9)8-5-3-2-4-6-8/h5,7,9H,1-4,6H2. The first-order chi connectivity index (χ1) is 4.30. The van der Waals surface area contributed by atoms with Gasteiger partial charge < -0.3 is 5.11 Å². The Balaban J connectivity index is 2.46. The Bertz CT molecular complexity index is 114. The molecule has 0 aromatic rings. The van der Waals surface area contributed by atoms with Gasteiger partial charge >= 0.3 is 0 Å². The SMILES string of the molecule is [CH2]C(O)C1=CCCCC1. The highest BCUT2D eigenvalue weighted by Crippen LogP contribution is 2.19. The van der Waals surface area contributed by atoms with Crippen molar-refractivity contribution in [3.05, 3.63) is 18.6 Å². The number of aliphatic hydroxyl groups is 1. The van der Waals surface area contributed by atoms with Crippen LogP contribution < -0.4 is 0 Å². The van der Waals surface area contributed by atoms with E-state index in [1.54, 1.807) is 0 Å². The molecule has 51 valence electrons. The predicted octanol–water partition coefficient (Wildman–Crippen LogP) is 1.68. The van der Waals surface area contributed by atoms with Crippen molar-refractivity contribution < 1.29 is 5.11 Å². The minimum atomic E-state index is -0.453. The molecule has 9 heavy (non-hydrogen) atoms. The third-order valence-electron chi connectivity index (χ3n) is 1.75. The summed E-state index contributed by atoms with van der Waals surface area (Å²) < 4.78 is 0. The molecule has 1 heteroatoms. The fourth-order valence-electron chi connectivity index (χ4n) is 1.17. The van der Waals surface area contributed by atoms with Gasteiger partial charge in [0.15, 0.2) is 0 Å². The molecule has 1 rings (SSSR count). The molecule has 0 spiro atoms. The van der Waals surface area contributed by atoms with Gasteiger partial charge in [0, 0.05) is 0 Å². The van der Waals surface area contributed by atoms with Crippen molar-refractivity contribution in [2.75, 3.05) is 0 Å². The average molecular weight is 125 g/mol. The van der Waals surface area contributed by atoms with E-state index >= 15 is 0 Å². The first-order valence-electron chi connectivity index (χ1n) is 3.51. The summed E-state index contributed by atoms with van der Waals surface area (Å²) in [5.74, 6) is 0. The molecule has 0 aliphatic heterocycles. The van der Waals surface area contributed by atoms with Gasteiger partial charge in [-0.15, -0.1) is 0 Å². The van der Waals surface area contributed by atoms with Gasteiger partial charge in [-0.25, -0.2) is 0 Å². The minimum Gasteiger partial charge on any atom is -0.389 e. The molecular formula is C8H13O. The van der Waals surface area contributed by atoms with Gasteiger partial charge in [0.25, 0.3) is 0 Å². The van der Waals surface area contributed by atoms with Gasteiger partial charge in [0.2, 0.25) is 0 Å². The zero-order valence-electron chi connectivity index (χ0n) is 5.64. The van der Waals surface area contributed by atoms with Crippen LogP contribution in [0.1, 0.15) is 25.7 Å². The monoisotopic (exact) mass is 125 g/mol. The van der Waals surface area contributed by atoms with E-state index in [1.165, 1.54) is 12.8 Å². The van der Waals surface area contributed by atoms with Crippen molar-refractivity contribution >= 4 is 0 Å². The molecule has 0 fully saturated rings. The Hall–Kier alpha value is -0.300. The van der Waals surface area contributed by atoms with E-state index in [4.69, 9.17) is 5.11 Å². The van der Waals surface area contributed by atoms with Crippen molar-refractivity contribution in [1.29, 1.82) is 0 Å². The van der Waals surface area contributed by atoms with Gasteiger partial charge in [0.05, 0.1) is 6.10 Å². The first kappa shape index (κ1) is 6.81. The van der Waals surface area contributed by atoms with E-state index < -0.39 is 6.10 Å². The van der Waals surface area contributed by atoms with Gasteiger partial charge in [-0.05, 0) is 38.2 Å². The normalized spacial score (nSPS) is 23.1. The maximum Gasteiger partial charge on any atom is 0.0751 e. The van der Waals surface area contributed by atoms with Crippen molar-refractivity contribution in [3.63, 3.8) is 0 Å². The quantitative estimate of drug-likeness (QED) is 0.529. The second-order valence-electron chi connectivity index (χ2n) is 2.54. The summed E-state index contributed by atoms with van der Waals surface area (Å²) in [6, 6.07) is 0. The fourth-order valence-corrected chi connectivity index (χ4v) is 1.17. The molecule has 0 aromatic heterocycles. The zero-order valence-corrected chi connectivity index (χ0v) is 5.64. The van der Waals surface area contributed by atoms with Gasteiger partial charge in [-0.1, -0.05) is 6.08 Å². The lowest BCUT2D eigenvalue weighted by atomic mass is 9.96. The van der Waals surface area contributed by atoms with E-state index in [0.717, 1.165) is 18.4 Å². The highest BCUT2D eigenvalue weighted by Gasteiger charge is 2.07. The molecule has 0 saturated carbocycles. The van der Waals surface area contributed by atoms with Gasteiger partial charge in [-0.2, -0.15) is 0 Å². The van der Waals surface area contributed by atoms with Crippen LogP contribution in [0.2, 0.25) is 0 Å². The molecule has 1 atom stereocenters. The molecule has 1 radical (unpaired) electrons. The number of rotatable bonds is 1. The summed E-state index contributed by atoms with van der Waals surface area (Å²) in [6.45, 7) is 3.55. The van der Waals surface area contributed by atoms with Crippen molar-refractivity contribution in [2.45, 2.75) is 31.8 Å². The Kier molecular flexibility index (Phi) is 2.29. The third kappa shape index (κ3) is 1.83. The number of hydrogen-bond donors (Lipinski definition) is 1. The fraction of sp³-hybridized carbons (Fsp3) is 0.625. The third-order valence-corrected chi connectivity index (χ3v) is 1.75. The van der Waals surface area contributed by atoms with E-state index in [2.05, 4.69) is 13.0 Å². The zero-order chi connectivity index (χ0) is 6.69. The highest BCUT2D eigenvalue weighted by atomic mass is 16.3. The molecule has 0 saturated heterocycles. The van der Waals surface area contributed by atoms with Gasteiger partial charge in [-0.3, -0.25) is 0 Å². The molecule has 1 nitrogen and oxygen atoms in total. The average Bonchev–Trinajstić information content (AvgIpc) is 1.90. The maximum absolute atomic E-state index is 9.00. The van der Waals surface area contributed by atoms with Crippen molar-refractivity contribution in [2.24, 2.45) is 0 Å². The number of aliphatic hydroxyl groups excluding tert-OH is 1. The van der Waals surface area contributed by atoms with Crippen molar-refractivity contribution in [3.8, 4) is 0 Å². The van der Waals surface area contributed by atoms with Crippen LogP contribution in [0.15, 0.2) is 11.6 Å². The summed E-state index contributed by atoms with van der Waals surface area (Å²) in [6.07, 6.45) is 6.33. The molecule has 1 unspecified atom stereocenters. The molecular weight excluding hydrogens is 112 g/mol. The molecule has 1 aliphatic rings. The first-order valence-corrected chi connectivity index (χ1v) is 3.51. The van der Waals surface area contributed by atoms with E-state index in [1.807, 2.05) is 0 Å². The molecule has 1 N–H and O–H groups in total. The predicted molar refractivity (Wildman–Crippen MR) is 37.9 cm³/mol. The van der Waals surface area contributed by atoms with Crippen LogP contribution >= 0.6 is 0 Å². The van der Waals surface area contributed by atoms with E-state index in [0.29, 0.717) is 0 Å². The number of hydrogen-bond acceptors (Lipinski definition) is 1.